The van der Waals surface area contributed by atoms with Crippen molar-refractivity contribution in [3.05, 3.63) is 35.4 Å². The fourth-order valence-corrected chi connectivity index (χ4v) is 5.27. The SMILES string of the molecule is CO[C@@H]1CC[C@H](C(=O)N2CCCN(C3Cc4ccccc4C3)CC2)C[C@H]1N. The molecule has 3 atom stereocenters. The van der Waals surface area contributed by atoms with Gasteiger partial charge in [0.2, 0.25) is 5.91 Å². The van der Waals surface area contributed by atoms with Gasteiger partial charge in [-0.25, -0.2) is 0 Å². The fourth-order valence-electron chi connectivity index (χ4n) is 5.27. The zero-order valence-corrected chi connectivity index (χ0v) is 16.5. The molecular weight excluding hydrogens is 338 g/mol. The predicted molar refractivity (Wildman–Crippen MR) is 107 cm³/mol. The lowest BCUT2D eigenvalue weighted by atomic mass is 9.83. The number of fused-ring (bicyclic) bond motifs is 1. The molecule has 5 nitrogen and oxygen atoms in total. The number of amides is 1. The van der Waals surface area contributed by atoms with Gasteiger partial charge in [0, 0.05) is 51.3 Å². The molecule has 1 aromatic carbocycles. The van der Waals surface area contributed by atoms with E-state index in [1.165, 1.54) is 11.1 Å². The Morgan fingerprint density at radius 2 is 1.81 bits per heavy atom. The van der Waals surface area contributed by atoms with E-state index in [0.29, 0.717) is 11.9 Å². The quantitative estimate of drug-likeness (QED) is 0.881. The smallest absolute Gasteiger partial charge is 0.225 e. The van der Waals surface area contributed by atoms with Crippen LogP contribution in [0.3, 0.4) is 0 Å². The molecule has 1 aliphatic heterocycles. The molecule has 2 N–H and O–H groups in total. The van der Waals surface area contributed by atoms with Crippen LogP contribution in [0.1, 0.15) is 36.8 Å². The van der Waals surface area contributed by atoms with Crippen molar-refractivity contribution in [2.75, 3.05) is 33.3 Å². The van der Waals surface area contributed by atoms with Crippen LogP contribution >= 0.6 is 0 Å². The molecule has 5 heteroatoms. The van der Waals surface area contributed by atoms with Crippen LogP contribution in [0.25, 0.3) is 0 Å². The highest BCUT2D eigenvalue weighted by Gasteiger charge is 2.35. The monoisotopic (exact) mass is 371 g/mol. The van der Waals surface area contributed by atoms with E-state index in [9.17, 15) is 4.79 Å². The summed E-state index contributed by atoms with van der Waals surface area (Å²) in [6.07, 6.45) is 6.04. The Kier molecular flexibility index (Phi) is 5.81. The van der Waals surface area contributed by atoms with Crippen molar-refractivity contribution in [1.29, 1.82) is 0 Å². The number of methoxy groups -OCH3 is 1. The highest BCUT2D eigenvalue weighted by atomic mass is 16.5. The first-order chi connectivity index (χ1) is 13.2. The Hall–Kier alpha value is -1.43. The van der Waals surface area contributed by atoms with Gasteiger partial charge in [-0.15, -0.1) is 0 Å². The van der Waals surface area contributed by atoms with Crippen molar-refractivity contribution >= 4 is 5.91 Å². The molecule has 2 fully saturated rings. The minimum Gasteiger partial charge on any atom is -0.380 e. The molecule has 3 aliphatic rings. The van der Waals surface area contributed by atoms with E-state index in [0.717, 1.165) is 64.7 Å². The summed E-state index contributed by atoms with van der Waals surface area (Å²) in [5.74, 6) is 0.394. The van der Waals surface area contributed by atoms with Crippen molar-refractivity contribution in [2.24, 2.45) is 11.7 Å². The summed E-state index contributed by atoms with van der Waals surface area (Å²) in [4.78, 5) is 17.8. The third kappa shape index (κ3) is 4.05. The Morgan fingerprint density at radius 3 is 2.48 bits per heavy atom. The molecule has 0 radical (unpaired) electrons. The largest absolute Gasteiger partial charge is 0.380 e. The fraction of sp³-hybridized carbons (Fsp3) is 0.682. The van der Waals surface area contributed by atoms with Gasteiger partial charge in [-0.05, 0) is 49.7 Å². The molecule has 2 aliphatic carbocycles. The molecule has 0 bridgehead atoms. The van der Waals surface area contributed by atoms with E-state index >= 15 is 0 Å². The number of carbonyl (C=O) groups excluding carboxylic acids is 1. The minimum atomic E-state index is -0.0156. The van der Waals surface area contributed by atoms with Gasteiger partial charge in [-0.2, -0.15) is 0 Å². The summed E-state index contributed by atoms with van der Waals surface area (Å²) in [5, 5.41) is 0. The van der Waals surface area contributed by atoms with Crippen LogP contribution in [-0.2, 0) is 22.4 Å². The highest BCUT2D eigenvalue weighted by molar-refractivity contribution is 5.79. The van der Waals surface area contributed by atoms with Crippen molar-refractivity contribution in [2.45, 2.75) is 56.7 Å². The van der Waals surface area contributed by atoms with Crippen LogP contribution in [0, 0.1) is 5.92 Å². The lowest BCUT2D eigenvalue weighted by Crippen LogP contribution is -2.47. The number of benzene rings is 1. The highest BCUT2D eigenvalue weighted by Crippen LogP contribution is 2.29. The topological polar surface area (TPSA) is 58.8 Å². The van der Waals surface area contributed by atoms with Crippen LogP contribution in [0.2, 0.25) is 0 Å². The average Bonchev–Trinajstić information content (AvgIpc) is 2.97. The van der Waals surface area contributed by atoms with Crippen molar-refractivity contribution in [1.82, 2.24) is 9.80 Å². The van der Waals surface area contributed by atoms with Gasteiger partial charge in [0.05, 0.1) is 6.10 Å². The third-order valence-corrected chi connectivity index (χ3v) is 6.87. The van der Waals surface area contributed by atoms with Gasteiger partial charge in [-0.3, -0.25) is 9.69 Å². The summed E-state index contributed by atoms with van der Waals surface area (Å²) in [6.45, 7) is 3.82. The standard InChI is InChI=1S/C22H33N3O2/c1-27-21-8-7-18(15-20(21)23)22(26)25-10-4-9-24(11-12-25)19-13-16-5-2-3-6-17(16)14-19/h2-3,5-6,18-21H,4,7-15,23H2,1H3/t18-,20+,21+/m0/s1. The summed E-state index contributed by atoms with van der Waals surface area (Å²) in [6, 6.07) is 9.41. The van der Waals surface area contributed by atoms with E-state index in [-0.39, 0.29) is 18.1 Å². The van der Waals surface area contributed by atoms with Gasteiger partial charge < -0.3 is 15.4 Å². The zero-order chi connectivity index (χ0) is 18.8. The molecule has 1 aromatic rings. The molecule has 0 spiro atoms. The number of rotatable bonds is 3. The van der Waals surface area contributed by atoms with Gasteiger partial charge in [-0.1, -0.05) is 24.3 Å². The molecule has 4 rings (SSSR count). The molecule has 27 heavy (non-hydrogen) atoms. The molecule has 1 amide bonds. The molecule has 0 unspecified atom stereocenters. The lowest BCUT2D eigenvalue weighted by Gasteiger charge is -2.35. The molecule has 1 saturated carbocycles. The summed E-state index contributed by atoms with van der Waals surface area (Å²) in [5.41, 5.74) is 9.23. The van der Waals surface area contributed by atoms with E-state index in [4.69, 9.17) is 10.5 Å². The van der Waals surface area contributed by atoms with E-state index in [1.54, 1.807) is 7.11 Å². The van der Waals surface area contributed by atoms with Gasteiger partial charge in [0.15, 0.2) is 0 Å². The maximum absolute atomic E-state index is 13.1. The van der Waals surface area contributed by atoms with Crippen molar-refractivity contribution in [3.8, 4) is 0 Å². The first-order valence-electron chi connectivity index (χ1n) is 10.5. The summed E-state index contributed by atoms with van der Waals surface area (Å²) >= 11 is 0. The maximum Gasteiger partial charge on any atom is 0.225 e. The Morgan fingerprint density at radius 1 is 1.07 bits per heavy atom. The van der Waals surface area contributed by atoms with Crippen LogP contribution in [0.15, 0.2) is 24.3 Å². The second kappa shape index (κ2) is 8.29. The van der Waals surface area contributed by atoms with Gasteiger partial charge in [0.1, 0.15) is 0 Å². The number of ether oxygens (including phenoxy) is 1. The first kappa shape index (κ1) is 18.9. The Bertz CT molecular complexity index is 640. The number of nitrogens with zero attached hydrogens (tertiary/aromatic N) is 2. The van der Waals surface area contributed by atoms with Crippen LogP contribution in [-0.4, -0.2) is 67.2 Å². The molecule has 1 heterocycles. The second-order valence-electron chi connectivity index (χ2n) is 8.49. The van der Waals surface area contributed by atoms with E-state index in [1.807, 2.05) is 0 Å². The lowest BCUT2D eigenvalue weighted by molar-refractivity contribution is -0.137. The second-order valence-corrected chi connectivity index (χ2v) is 8.49. The van der Waals surface area contributed by atoms with E-state index < -0.39 is 0 Å². The average molecular weight is 372 g/mol. The van der Waals surface area contributed by atoms with Crippen LogP contribution in [0.4, 0.5) is 0 Å². The summed E-state index contributed by atoms with van der Waals surface area (Å²) in [7, 11) is 1.72. The predicted octanol–water partition coefficient (Wildman–Crippen LogP) is 1.83. The molecular formula is C22H33N3O2. The molecule has 0 aromatic heterocycles. The van der Waals surface area contributed by atoms with Crippen LogP contribution < -0.4 is 5.73 Å². The molecule has 1 saturated heterocycles. The van der Waals surface area contributed by atoms with Crippen LogP contribution in [0.5, 0.6) is 0 Å². The minimum absolute atomic E-state index is 0.0156. The number of carbonyl (C=O) groups is 1. The number of hydrogen-bond donors (Lipinski definition) is 1. The maximum atomic E-state index is 13.1. The van der Waals surface area contributed by atoms with Gasteiger partial charge >= 0.3 is 0 Å². The number of hydrogen-bond acceptors (Lipinski definition) is 4. The normalized spacial score (nSPS) is 30.1. The number of nitrogens with two attached hydrogens (primary N) is 1. The Balaban J connectivity index is 1.32. The third-order valence-electron chi connectivity index (χ3n) is 6.87. The van der Waals surface area contributed by atoms with E-state index in [2.05, 4.69) is 34.1 Å². The van der Waals surface area contributed by atoms with Crippen molar-refractivity contribution < 1.29 is 9.53 Å². The van der Waals surface area contributed by atoms with Crippen molar-refractivity contribution in [3.63, 3.8) is 0 Å². The summed E-state index contributed by atoms with van der Waals surface area (Å²) < 4.78 is 5.44. The Labute approximate surface area is 162 Å². The molecule has 148 valence electrons. The zero-order valence-electron chi connectivity index (χ0n) is 16.5. The first-order valence-corrected chi connectivity index (χ1v) is 10.5. The van der Waals surface area contributed by atoms with Gasteiger partial charge in [0.25, 0.3) is 0 Å².